The molecule has 1 aromatic heterocycles. The molecule has 1 unspecified atom stereocenters. The molecule has 0 amide bonds. The maximum Gasteiger partial charge on any atom is 0.312 e. The van der Waals surface area contributed by atoms with E-state index in [1.54, 1.807) is 11.3 Å². The first-order valence-electron chi connectivity index (χ1n) is 7.12. The van der Waals surface area contributed by atoms with E-state index in [9.17, 15) is 9.90 Å². The summed E-state index contributed by atoms with van der Waals surface area (Å²) in [5.41, 5.74) is 4.15. The zero-order chi connectivity index (χ0) is 15.0. The molecule has 0 fully saturated rings. The van der Waals surface area contributed by atoms with Gasteiger partial charge in [-0.15, -0.1) is 11.3 Å². The molecule has 0 bridgehead atoms. The van der Waals surface area contributed by atoms with Crippen molar-refractivity contribution in [3.63, 3.8) is 0 Å². The molecule has 1 aromatic carbocycles. The number of nitrogens with zero attached hydrogens (tertiary/aromatic N) is 1. The monoisotopic (exact) mass is 302 g/mol. The van der Waals surface area contributed by atoms with E-state index in [1.807, 2.05) is 6.07 Å². The second-order valence-electron chi connectivity index (χ2n) is 5.50. The van der Waals surface area contributed by atoms with Gasteiger partial charge in [0.25, 0.3) is 0 Å². The molecule has 5 heteroatoms. The number of anilines is 2. The Labute approximate surface area is 127 Å². The van der Waals surface area contributed by atoms with Gasteiger partial charge in [0.05, 0.1) is 5.69 Å². The topological polar surface area (TPSA) is 62.2 Å². The first-order chi connectivity index (χ1) is 10.1. The molecule has 0 saturated heterocycles. The summed E-state index contributed by atoms with van der Waals surface area (Å²) < 4.78 is 0. The van der Waals surface area contributed by atoms with E-state index in [2.05, 4.69) is 36.3 Å². The second kappa shape index (κ2) is 5.48. The van der Waals surface area contributed by atoms with Crippen LogP contribution >= 0.6 is 11.3 Å². The van der Waals surface area contributed by atoms with Gasteiger partial charge in [-0.05, 0) is 44.2 Å². The number of benzene rings is 1. The summed E-state index contributed by atoms with van der Waals surface area (Å²) in [4.78, 5) is 17.0. The van der Waals surface area contributed by atoms with Crippen LogP contribution in [0.2, 0.25) is 0 Å². The molecule has 110 valence electrons. The number of carbonyl (C=O) groups is 1. The number of fused-ring (bicyclic) bond motifs is 1. The highest BCUT2D eigenvalue weighted by molar-refractivity contribution is 7.15. The van der Waals surface area contributed by atoms with Crippen LogP contribution in [0.3, 0.4) is 0 Å². The summed E-state index contributed by atoms with van der Waals surface area (Å²) in [6.07, 6.45) is 2.55. The Morgan fingerprint density at radius 3 is 2.76 bits per heavy atom. The number of carboxylic acid groups (broad SMARTS) is 1. The molecule has 0 aliphatic heterocycles. The van der Waals surface area contributed by atoms with Crippen LogP contribution in [0.25, 0.3) is 0 Å². The Balaban J connectivity index is 1.93. The maximum absolute atomic E-state index is 11.3. The van der Waals surface area contributed by atoms with Crippen molar-refractivity contribution in [2.24, 2.45) is 0 Å². The van der Waals surface area contributed by atoms with E-state index < -0.39 is 11.9 Å². The summed E-state index contributed by atoms with van der Waals surface area (Å²) in [5.74, 6) is -1.21. The van der Waals surface area contributed by atoms with Crippen LogP contribution in [0.5, 0.6) is 0 Å². The van der Waals surface area contributed by atoms with Gasteiger partial charge in [0, 0.05) is 10.6 Å². The predicted molar refractivity (Wildman–Crippen MR) is 84.6 cm³/mol. The van der Waals surface area contributed by atoms with Crippen LogP contribution in [-0.2, 0) is 11.2 Å². The fourth-order valence-corrected chi connectivity index (χ4v) is 3.90. The minimum absolute atomic E-state index is 0.446. The lowest BCUT2D eigenvalue weighted by molar-refractivity contribution is -0.139. The number of thiazole rings is 1. The van der Waals surface area contributed by atoms with Crippen molar-refractivity contribution in [3.05, 3.63) is 39.9 Å². The van der Waals surface area contributed by atoms with E-state index in [-0.39, 0.29) is 0 Å². The normalized spacial score (nSPS) is 17.3. The number of hydrogen-bond acceptors (Lipinski definition) is 4. The lowest BCUT2D eigenvalue weighted by atomic mass is 9.91. The van der Waals surface area contributed by atoms with Crippen molar-refractivity contribution in [1.29, 1.82) is 0 Å². The lowest BCUT2D eigenvalue weighted by Gasteiger charge is -2.16. The SMILES string of the molecule is Cc1cccc(C)c1Nc1nc2c(s1)CCCC2C(=O)O. The minimum atomic E-state index is -0.764. The van der Waals surface area contributed by atoms with Gasteiger partial charge in [0.15, 0.2) is 5.13 Å². The zero-order valence-corrected chi connectivity index (χ0v) is 13.0. The quantitative estimate of drug-likeness (QED) is 0.899. The van der Waals surface area contributed by atoms with Gasteiger partial charge in [0.1, 0.15) is 5.92 Å². The number of aromatic nitrogens is 1. The number of carboxylic acids is 1. The molecule has 21 heavy (non-hydrogen) atoms. The van der Waals surface area contributed by atoms with Crippen molar-refractivity contribution in [2.45, 2.75) is 39.0 Å². The Kier molecular flexibility index (Phi) is 3.68. The van der Waals surface area contributed by atoms with Crippen molar-refractivity contribution in [3.8, 4) is 0 Å². The van der Waals surface area contributed by atoms with E-state index >= 15 is 0 Å². The van der Waals surface area contributed by atoms with Gasteiger partial charge in [0.2, 0.25) is 0 Å². The van der Waals surface area contributed by atoms with Gasteiger partial charge in [-0.2, -0.15) is 0 Å². The summed E-state index contributed by atoms with van der Waals surface area (Å²) in [5, 5.41) is 13.5. The van der Waals surface area contributed by atoms with E-state index in [0.717, 1.165) is 45.4 Å². The first-order valence-corrected chi connectivity index (χ1v) is 7.93. The Morgan fingerprint density at radius 1 is 1.38 bits per heavy atom. The molecule has 4 nitrogen and oxygen atoms in total. The number of nitrogens with one attached hydrogen (secondary N) is 1. The number of para-hydroxylation sites is 1. The van der Waals surface area contributed by atoms with E-state index in [0.29, 0.717) is 6.42 Å². The fourth-order valence-electron chi connectivity index (χ4n) is 2.83. The summed E-state index contributed by atoms with van der Waals surface area (Å²) >= 11 is 1.58. The highest BCUT2D eigenvalue weighted by atomic mass is 32.1. The molecular weight excluding hydrogens is 284 g/mol. The molecule has 1 atom stereocenters. The predicted octanol–water partition coefficient (Wildman–Crippen LogP) is 4.01. The third-order valence-electron chi connectivity index (χ3n) is 3.97. The molecular formula is C16H18N2O2S. The highest BCUT2D eigenvalue weighted by Gasteiger charge is 2.30. The van der Waals surface area contributed by atoms with Crippen LogP contribution in [-0.4, -0.2) is 16.1 Å². The fraction of sp³-hybridized carbons (Fsp3) is 0.375. The molecule has 0 saturated carbocycles. The van der Waals surface area contributed by atoms with Crippen molar-refractivity contribution < 1.29 is 9.90 Å². The van der Waals surface area contributed by atoms with E-state index in [1.165, 1.54) is 0 Å². The van der Waals surface area contributed by atoms with E-state index in [4.69, 9.17) is 0 Å². The van der Waals surface area contributed by atoms with Crippen LogP contribution in [0.1, 0.15) is 40.5 Å². The van der Waals surface area contributed by atoms with Crippen LogP contribution in [0.15, 0.2) is 18.2 Å². The average molecular weight is 302 g/mol. The third kappa shape index (κ3) is 2.65. The lowest BCUT2D eigenvalue weighted by Crippen LogP contribution is -2.17. The molecule has 0 spiro atoms. The van der Waals surface area contributed by atoms with Crippen molar-refractivity contribution in [1.82, 2.24) is 4.98 Å². The Hall–Kier alpha value is -1.88. The third-order valence-corrected chi connectivity index (χ3v) is 5.01. The highest BCUT2D eigenvalue weighted by Crippen LogP contribution is 2.38. The molecule has 0 radical (unpaired) electrons. The smallest absolute Gasteiger partial charge is 0.312 e. The summed E-state index contributed by atoms with van der Waals surface area (Å²) in [7, 11) is 0. The largest absolute Gasteiger partial charge is 0.481 e. The second-order valence-corrected chi connectivity index (χ2v) is 6.59. The van der Waals surface area contributed by atoms with Crippen LogP contribution in [0.4, 0.5) is 10.8 Å². The standard InChI is InChI=1S/C16H18N2O2S/c1-9-5-3-6-10(2)13(9)17-16-18-14-11(15(19)20)7-4-8-12(14)21-16/h3,5-6,11H,4,7-8H2,1-2H3,(H,17,18)(H,19,20). The zero-order valence-electron chi connectivity index (χ0n) is 12.1. The molecule has 2 N–H and O–H groups in total. The number of aryl methyl sites for hydroxylation is 3. The molecule has 3 rings (SSSR count). The van der Waals surface area contributed by atoms with Crippen molar-refractivity contribution >= 4 is 28.1 Å². The van der Waals surface area contributed by atoms with Gasteiger partial charge in [-0.3, -0.25) is 4.79 Å². The Morgan fingerprint density at radius 2 is 2.10 bits per heavy atom. The number of hydrogen-bond donors (Lipinski definition) is 2. The molecule has 2 aromatic rings. The maximum atomic E-state index is 11.3. The summed E-state index contributed by atoms with van der Waals surface area (Å²) in [6.45, 7) is 4.12. The van der Waals surface area contributed by atoms with Gasteiger partial charge < -0.3 is 10.4 Å². The number of rotatable bonds is 3. The molecule has 1 aliphatic rings. The summed E-state index contributed by atoms with van der Waals surface area (Å²) in [6, 6.07) is 6.15. The first kappa shape index (κ1) is 14.1. The van der Waals surface area contributed by atoms with Crippen LogP contribution < -0.4 is 5.32 Å². The molecule has 1 aliphatic carbocycles. The van der Waals surface area contributed by atoms with Gasteiger partial charge >= 0.3 is 5.97 Å². The van der Waals surface area contributed by atoms with Crippen molar-refractivity contribution in [2.75, 3.05) is 5.32 Å². The number of aliphatic carboxylic acids is 1. The average Bonchev–Trinajstić information content (AvgIpc) is 2.85. The van der Waals surface area contributed by atoms with Crippen LogP contribution in [0, 0.1) is 13.8 Å². The minimum Gasteiger partial charge on any atom is -0.481 e. The van der Waals surface area contributed by atoms with Gasteiger partial charge in [-0.1, -0.05) is 18.2 Å². The Bertz CT molecular complexity index is 673. The van der Waals surface area contributed by atoms with Gasteiger partial charge in [-0.25, -0.2) is 4.98 Å². The molecule has 1 heterocycles.